The van der Waals surface area contributed by atoms with E-state index in [1.165, 1.54) is 24.0 Å². The van der Waals surface area contributed by atoms with Crippen LogP contribution in [0.4, 0.5) is 0 Å². The van der Waals surface area contributed by atoms with Crippen LogP contribution >= 0.6 is 0 Å². The Labute approximate surface area is 92.5 Å². The summed E-state index contributed by atoms with van der Waals surface area (Å²) in [5.74, 6) is 0.184. The summed E-state index contributed by atoms with van der Waals surface area (Å²) in [6.07, 6.45) is 3.48. The van der Waals surface area contributed by atoms with Crippen LogP contribution in [0.5, 0.6) is 0 Å². The predicted octanol–water partition coefficient (Wildman–Crippen LogP) is 3.85. The Bertz CT molecular complexity index is 364. The van der Waals surface area contributed by atoms with Crippen molar-refractivity contribution < 1.29 is 4.79 Å². The molecule has 0 saturated heterocycles. The molecule has 0 aromatic heterocycles. The van der Waals surface area contributed by atoms with Crippen LogP contribution in [-0.2, 0) is 6.42 Å². The molecule has 0 heterocycles. The molecule has 0 bridgehead atoms. The zero-order valence-electron chi connectivity index (χ0n) is 10.2. The van der Waals surface area contributed by atoms with Crippen molar-refractivity contribution in [2.75, 3.05) is 0 Å². The number of rotatable bonds is 4. The Morgan fingerprint density at radius 1 is 1.27 bits per heavy atom. The summed E-state index contributed by atoms with van der Waals surface area (Å²) in [7, 11) is 0. The molecule has 0 N–H and O–H groups in total. The Morgan fingerprint density at radius 3 is 2.47 bits per heavy atom. The lowest BCUT2D eigenvalue weighted by Gasteiger charge is -2.11. The average Bonchev–Trinajstić information content (AvgIpc) is 2.16. The van der Waals surface area contributed by atoms with Crippen LogP contribution < -0.4 is 0 Å². The maximum atomic E-state index is 11.5. The van der Waals surface area contributed by atoms with Gasteiger partial charge in [0.2, 0.25) is 0 Å². The van der Waals surface area contributed by atoms with Gasteiger partial charge in [0.1, 0.15) is 0 Å². The number of carbonyl (C=O) groups excluding carboxylic acids is 1. The SMILES string of the molecule is CCCCc1ccc(C)c(C(C)=O)c1C. The maximum absolute atomic E-state index is 11.5. The van der Waals surface area contributed by atoms with Crippen molar-refractivity contribution in [3.05, 3.63) is 34.4 Å². The molecule has 0 radical (unpaired) electrons. The summed E-state index contributed by atoms with van der Waals surface area (Å²) in [4.78, 5) is 11.5. The van der Waals surface area contributed by atoms with Crippen LogP contribution in [0.2, 0.25) is 0 Å². The minimum atomic E-state index is 0.184. The maximum Gasteiger partial charge on any atom is 0.160 e. The molecule has 0 saturated carbocycles. The van der Waals surface area contributed by atoms with Crippen molar-refractivity contribution in [2.45, 2.75) is 47.0 Å². The lowest BCUT2D eigenvalue weighted by Crippen LogP contribution is -2.03. The number of benzene rings is 1. The van der Waals surface area contributed by atoms with Gasteiger partial charge in [-0.15, -0.1) is 0 Å². The van der Waals surface area contributed by atoms with Gasteiger partial charge in [0.05, 0.1) is 0 Å². The standard InChI is InChI=1S/C14H20O/c1-5-6-7-13-9-8-10(2)14(11(13)3)12(4)15/h8-9H,5-7H2,1-4H3. The fraction of sp³-hybridized carbons (Fsp3) is 0.500. The van der Waals surface area contributed by atoms with E-state index < -0.39 is 0 Å². The van der Waals surface area contributed by atoms with Crippen molar-refractivity contribution in [1.82, 2.24) is 0 Å². The second-order valence-electron chi connectivity index (χ2n) is 4.20. The third-order valence-corrected chi connectivity index (χ3v) is 2.94. The number of ketones is 1. The first-order chi connectivity index (χ1) is 7.07. The van der Waals surface area contributed by atoms with Gasteiger partial charge in [0.15, 0.2) is 5.78 Å². The van der Waals surface area contributed by atoms with Crippen molar-refractivity contribution in [3.8, 4) is 0 Å². The molecule has 0 spiro atoms. The van der Waals surface area contributed by atoms with Gasteiger partial charge in [-0.2, -0.15) is 0 Å². The molecular formula is C14H20O. The highest BCUT2D eigenvalue weighted by Gasteiger charge is 2.10. The third-order valence-electron chi connectivity index (χ3n) is 2.94. The zero-order valence-corrected chi connectivity index (χ0v) is 10.2. The molecule has 0 aliphatic heterocycles. The summed E-state index contributed by atoms with van der Waals surface area (Å²) >= 11 is 0. The second-order valence-corrected chi connectivity index (χ2v) is 4.20. The Morgan fingerprint density at radius 2 is 1.93 bits per heavy atom. The molecule has 0 amide bonds. The number of aryl methyl sites for hydroxylation is 2. The first kappa shape index (κ1) is 12.0. The first-order valence-electron chi connectivity index (χ1n) is 5.68. The lowest BCUT2D eigenvalue weighted by molar-refractivity contribution is 0.101. The number of Topliss-reactive ketones (excluding diaryl/α,β-unsaturated/α-hetero) is 1. The minimum absolute atomic E-state index is 0.184. The van der Waals surface area contributed by atoms with Gasteiger partial charge < -0.3 is 0 Å². The van der Waals surface area contributed by atoms with Gasteiger partial charge in [-0.3, -0.25) is 4.79 Å². The molecule has 0 atom stereocenters. The van der Waals surface area contributed by atoms with E-state index in [0.29, 0.717) is 0 Å². The Kier molecular flexibility index (Phi) is 4.07. The summed E-state index contributed by atoms with van der Waals surface area (Å²) in [6, 6.07) is 4.22. The van der Waals surface area contributed by atoms with Gasteiger partial charge in [0, 0.05) is 5.56 Å². The highest BCUT2D eigenvalue weighted by Crippen LogP contribution is 2.20. The third kappa shape index (κ3) is 2.68. The van der Waals surface area contributed by atoms with E-state index in [0.717, 1.165) is 17.5 Å². The number of hydrogen-bond acceptors (Lipinski definition) is 1. The van der Waals surface area contributed by atoms with Gasteiger partial charge in [-0.25, -0.2) is 0 Å². The number of unbranched alkanes of at least 4 members (excludes halogenated alkanes) is 1. The quantitative estimate of drug-likeness (QED) is 0.681. The Balaban J connectivity index is 3.11. The monoisotopic (exact) mass is 204 g/mol. The molecule has 82 valence electrons. The Hall–Kier alpha value is -1.11. The highest BCUT2D eigenvalue weighted by atomic mass is 16.1. The average molecular weight is 204 g/mol. The summed E-state index contributed by atoms with van der Waals surface area (Å²) in [5.41, 5.74) is 4.52. The number of hydrogen-bond donors (Lipinski definition) is 0. The summed E-state index contributed by atoms with van der Waals surface area (Å²) in [6.45, 7) is 7.91. The van der Waals surface area contributed by atoms with E-state index in [4.69, 9.17) is 0 Å². The van der Waals surface area contributed by atoms with Crippen molar-refractivity contribution in [2.24, 2.45) is 0 Å². The summed E-state index contributed by atoms with van der Waals surface area (Å²) < 4.78 is 0. The highest BCUT2D eigenvalue weighted by molar-refractivity contribution is 5.97. The van der Waals surface area contributed by atoms with E-state index in [9.17, 15) is 4.79 Å². The molecule has 1 aromatic rings. The molecule has 15 heavy (non-hydrogen) atoms. The molecule has 0 aliphatic carbocycles. The predicted molar refractivity (Wildman–Crippen MR) is 64.5 cm³/mol. The topological polar surface area (TPSA) is 17.1 Å². The zero-order chi connectivity index (χ0) is 11.4. The van der Waals surface area contributed by atoms with Crippen LogP contribution in [0.3, 0.4) is 0 Å². The molecule has 1 nitrogen and oxygen atoms in total. The van der Waals surface area contributed by atoms with Crippen molar-refractivity contribution in [1.29, 1.82) is 0 Å². The molecule has 0 unspecified atom stereocenters. The first-order valence-corrected chi connectivity index (χ1v) is 5.68. The van der Waals surface area contributed by atoms with E-state index in [1.807, 2.05) is 6.92 Å². The smallest absolute Gasteiger partial charge is 0.160 e. The fourth-order valence-corrected chi connectivity index (χ4v) is 2.07. The number of carbonyl (C=O) groups is 1. The van der Waals surface area contributed by atoms with Gasteiger partial charge in [-0.05, 0) is 50.3 Å². The van der Waals surface area contributed by atoms with Crippen molar-refractivity contribution in [3.63, 3.8) is 0 Å². The van der Waals surface area contributed by atoms with Crippen LogP contribution in [0.15, 0.2) is 12.1 Å². The van der Waals surface area contributed by atoms with Crippen LogP contribution in [0.1, 0.15) is 53.7 Å². The molecule has 1 rings (SSSR count). The molecule has 0 aliphatic rings. The van der Waals surface area contributed by atoms with Crippen LogP contribution in [0.25, 0.3) is 0 Å². The van der Waals surface area contributed by atoms with Crippen LogP contribution in [-0.4, -0.2) is 5.78 Å². The largest absolute Gasteiger partial charge is 0.294 e. The molecule has 1 heteroatoms. The van der Waals surface area contributed by atoms with E-state index in [2.05, 4.69) is 26.0 Å². The normalized spacial score (nSPS) is 10.4. The van der Waals surface area contributed by atoms with Crippen LogP contribution in [0, 0.1) is 13.8 Å². The second kappa shape index (κ2) is 5.11. The summed E-state index contributed by atoms with van der Waals surface area (Å²) in [5, 5.41) is 0. The molecule has 0 fully saturated rings. The van der Waals surface area contributed by atoms with Gasteiger partial charge >= 0.3 is 0 Å². The van der Waals surface area contributed by atoms with E-state index in [-0.39, 0.29) is 5.78 Å². The van der Waals surface area contributed by atoms with Gasteiger partial charge in [-0.1, -0.05) is 25.5 Å². The van der Waals surface area contributed by atoms with Gasteiger partial charge in [0.25, 0.3) is 0 Å². The van der Waals surface area contributed by atoms with E-state index >= 15 is 0 Å². The molecular weight excluding hydrogens is 184 g/mol. The van der Waals surface area contributed by atoms with E-state index in [1.54, 1.807) is 6.92 Å². The lowest BCUT2D eigenvalue weighted by atomic mass is 9.93. The van der Waals surface area contributed by atoms with Crippen molar-refractivity contribution >= 4 is 5.78 Å². The fourth-order valence-electron chi connectivity index (χ4n) is 2.07. The molecule has 1 aromatic carbocycles. The minimum Gasteiger partial charge on any atom is -0.294 e.